The van der Waals surface area contributed by atoms with E-state index in [-0.39, 0.29) is 0 Å². The first-order chi connectivity index (χ1) is 9.04. The molecule has 1 N–H and O–H groups in total. The summed E-state index contributed by atoms with van der Waals surface area (Å²) in [6.45, 7) is 6.73. The van der Waals surface area contributed by atoms with Crippen LogP contribution in [0.15, 0.2) is 22.7 Å². The van der Waals surface area contributed by atoms with E-state index in [4.69, 9.17) is 11.6 Å². The zero-order valence-corrected chi connectivity index (χ0v) is 14.1. The maximum absolute atomic E-state index is 6.47. The molecule has 2 atom stereocenters. The minimum absolute atomic E-state index is 0.424. The molecule has 0 bridgehead atoms. The molecule has 1 aromatic rings. The predicted molar refractivity (Wildman–Crippen MR) is 85.8 cm³/mol. The highest BCUT2D eigenvalue weighted by Crippen LogP contribution is 2.41. The summed E-state index contributed by atoms with van der Waals surface area (Å²) in [6, 6.07) is 7.23. The van der Waals surface area contributed by atoms with E-state index in [1.165, 1.54) is 12.0 Å². The molecule has 1 fully saturated rings. The van der Waals surface area contributed by atoms with Gasteiger partial charge < -0.3 is 5.32 Å². The van der Waals surface area contributed by atoms with Crippen LogP contribution in [-0.2, 0) is 0 Å². The van der Waals surface area contributed by atoms with E-state index >= 15 is 0 Å². The van der Waals surface area contributed by atoms with E-state index in [1.807, 2.05) is 13.1 Å². The molecular formula is C15H22BrClN2. The van der Waals surface area contributed by atoms with Crippen molar-refractivity contribution in [3.05, 3.63) is 33.3 Å². The van der Waals surface area contributed by atoms with Crippen LogP contribution in [0.2, 0.25) is 5.02 Å². The van der Waals surface area contributed by atoms with E-state index in [0.29, 0.717) is 18.0 Å². The van der Waals surface area contributed by atoms with Crippen molar-refractivity contribution in [1.82, 2.24) is 10.2 Å². The van der Waals surface area contributed by atoms with Crippen molar-refractivity contribution >= 4 is 27.5 Å². The summed E-state index contributed by atoms with van der Waals surface area (Å²) in [5.41, 5.74) is 1.26. The van der Waals surface area contributed by atoms with E-state index in [2.05, 4.69) is 52.1 Å². The van der Waals surface area contributed by atoms with Crippen LogP contribution in [-0.4, -0.2) is 31.1 Å². The van der Waals surface area contributed by atoms with Crippen molar-refractivity contribution in [3.63, 3.8) is 0 Å². The number of hydrogen-bond acceptors (Lipinski definition) is 2. The van der Waals surface area contributed by atoms with Gasteiger partial charge >= 0.3 is 0 Å². The normalized spacial score (nSPS) is 24.3. The van der Waals surface area contributed by atoms with Gasteiger partial charge in [-0.15, -0.1) is 0 Å². The average molecular weight is 346 g/mol. The Morgan fingerprint density at radius 3 is 2.79 bits per heavy atom. The maximum atomic E-state index is 6.47. The molecule has 1 aliphatic heterocycles. The van der Waals surface area contributed by atoms with Gasteiger partial charge in [0.05, 0.1) is 0 Å². The zero-order valence-electron chi connectivity index (χ0n) is 11.8. The van der Waals surface area contributed by atoms with Gasteiger partial charge in [-0.25, -0.2) is 0 Å². The summed E-state index contributed by atoms with van der Waals surface area (Å²) < 4.78 is 1.04. The highest BCUT2D eigenvalue weighted by Gasteiger charge is 2.36. The molecule has 4 heteroatoms. The number of rotatable bonds is 4. The Morgan fingerprint density at radius 1 is 1.47 bits per heavy atom. The second kappa shape index (κ2) is 6.57. The third-order valence-electron chi connectivity index (χ3n) is 3.97. The van der Waals surface area contributed by atoms with Gasteiger partial charge in [0.25, 0.3) is 0 Å². The first-order valence-electron chi connectivity index (χ1n) is 6.90. The van der Waals surface area contributed by atoms with Crippen molar-refractivity contribution in [3.8, 4) is 0 Å². The molecule has 2 nitrogen and oxygen atoms in total. The van der Waals surface area contributed by atoms with E-state index < -0.39 is 0 Å². The number of benzene rings is 1. The molecule has 2 unspecified atom stereocenters. The van der Waals surface area contributed by atoms with Crippen LogP contribution in [0.5, 0.6) is 0 Å². The topological polar surface area (TPSA) is 15.3 Å². The summed E-state index contributed by atoms with van der Waals surface area (Å²) in [5, 5.41) is 4.19. The summed E-state index contributed by atoms with van der Waals surface area (Å²) >= 11 is 9.95. The predicted octanol–water partition coefficient (Wildman–Crippen LogP) is 4.09. The first kappa shape index (κ1) is 15.3. The highest BCUT2D eigenvalue weighted by molar-refractivity contribution is 9.10. The zero-order chi connectivity index (χ0) is 14.0. The second-order valence-electron chi connectivity index (χ2n) is 5.55. The van der Waals surface area contributed by atoms with Gasteiger partial charge in [0, 0.05) is 21.6 Å². The minimum atomic E-state index is 0.424. The van der Waals surface area contributed by atoms with Crippen molar-refractivity contribution in [1.29, 1.82) is 0 Å². The molecule has 0 amide bonds. The maximum Gasteiger partial charge on any atom is 0.0465 e. The molecule has 1 saturated heterocycles. The van der Waals surface area contributed by atoms with Crippen LogP contribution < -0.4 is 5.32 Å². The Morgan fingerprint density at radius 2 is 2.21 bits per heavy atom. The molecule has 0 aromatic heterocycles. The molecular weight excluding hydrogens is 324 g/mol. The molecule has 1 heterocycles. The van der Waals surface area contributed by atoms with Crippen LogP contribution >= 0.6 is 27.5 Å². The molecule has 0 radical (unpaired) electrons. The molecule has 0 spiro atoms. The van der Waals surface area contributed by atoms with Crippen molar-refractivity contribution in [2.24, 2.45) is 5.92 Å². The lowest BCUT2D eigenvalue weighted by atomic mass is 9.93. The van der Waals surface area contributed by atoms with Crippen LogP contribution in [0.25, 0.3) is 0 Å². The van der Waals surface area contributed by atoms with Gasteiger partial charge in [-0.3, -0.25) is 4.90 Å². The van der Waals surface area contributed by atoms with Crippen LogP contribution in [0, 0.1) is 5.92 Å². The van der Waals surface area contributed by atoms with Crippen molar-refractivity contribution in [2.75, 3.05) is 20.1 Å². The fourth-order valence-corrected chi connectivity index (χ4v) is 3.90. The SMILES string of the molecule is CNCC1CCN(C(C)C)C1c1ccc(Br)cc1Cl. The third-order valence-corrected chi connectivity index (χ3v) is 4.79. The number of likely N-dealkylation sites (tertiary alicyclic amines) is 1. The average Bonchev–Trinajstić information content (AvgIpc) is 2.73. The van der Waals surface area contributed by atoms with Gasteiger partial charge in [0.1, 0.15) is 0 Å². The molecule has 0 aliphatic carbocycles. The van der Waals surface area contributed by atoms with Crippen LogP contribution in [0.3, 0.4) is 0 Å². The van der Waals surface area contributed by atoms with Gasteiger partial charge in [0.2, 0.25) is 0 Å². The molecule has 1 aromatic carbocycles. The van der Waals surface area contributed by atoms with Crippen LogP contribution in [0.1, 0.15) is 31.9 Å². The van der Waals surface area contributed by atoms with Crippen molar-refractivity contribution in [2.45, 2.75) is 32.4 Å². The molecule has 2 rings (SSSR count). The Balaban J connectivity index is 2.34. The van der Waals surface area contributed by atoms with Gasteiger partial charge in [0.15, 0.2) is 0 Å². The van der Waals surface area contributed by atoms with Gasteiger partial charge in [-0.05, 0) is 64.0 Å². The molecule has 1 aliphatic rings. The number of halogens is 2. The minimum Gasteiger partial charge on any atom is -0.319 e. The number of nitrogens with zero attached hydrogens (tertiary/aromatic N) is 1. The lowest BCUT2D eigenvalue weighted by Gasteiger charge is -2.32. The number of nitrogens with one attached hydrogen (secondary N) is 1. The summed E-state index contributed by atoms with van der Waals surface area (Å²) in [4.78, 5) is 2.57. The standard InChI is InChI=1S/C15H22BrClN2/c1-10(2)19-7-6-11(9-18-3)15(19)13-5-4-12(16)8-14(13)17/h4-5,8,10-11,15,18H,6-7,9H2,1-3H3. The van der Waals surface area contributed by atoms with Crippen LogP contribution in [0.4, 0.5) is 0 Å². The van der Waals surface area contributed by atoms with Gasteiger partial charge in [-0.1, -0.05) is 33.6 Å². The molecule has 0 saturated carbocycles. The van der Waals surface area contributed by atoms with Crippen molar-refractivity contribution < 1.29 is 0 Å². The highest BCUT2D eigenvalue weighted by atomic mass is 79.9. The fraction of sp³-hybridized carbons (Fsp3) is 0.600. The number of hydrogen-bond donors (Lipinski definition) is 1. The monoisotopic (exact) mass is 344 g/mol. The Hall–Kier alpha value is -0.0900. The van der Waals surface area contributed by atoms with E-state index in [0.717, 1.165) is 22.6 Å². The Kier molecular flexibility index (Phi) is 5.29. The Bertz CT molecular complexity index is 436. The summed E-state index contributed by atoms with van der Waals surface area (Å²) in [7, 11) is 2.03. The second-order valence-corrected chi connectivity index (χ2v) is 6.87. The smallest absolute Gasteiger partial charge is 0.0465 e. The quantitative estimate of drug-likeness (QED) is 0.884. The molecule has 106 valence electrons. The first-order valence-corrected chi connectivity index (χ1v) is 8.07. The lowest BCUT2D eigenvalue weighted by molar-refractivity contribution is 0.182. The summed E-state index contributed by atoms with van der Waals surface area (Å²) in [5.74, 6) is 0.631. The van der Waals surface area contributed by atoms with Gasteiger partial charge in [-0.2, -0.15) is 0 Å². The summed E-state index contributed by atoms with van der Waals surface area (Å²) in [6.07, 6.45) is 1.23. The largest absolute Gasteiger partial charge is 0.319 e. The van der Waals surface area contributed by atoms with E-state index in [1.54, 1.807) is 0 Å². The molecule has 19 heavy (non-hydrogen) atoms. The van der Waals surface area contributed by atoms with E-state index in [9.17, 15) is 0 Å². The lowest BCUT2D eigenvalue weighted by Crippen LogP contribution is -2.34. The third kappa shape index (κ3) is 3.33. The Labute approximate surface area is 129 Å². The fourth-order valence-electron chi connectivity index (χ4n) is 3.11.